The minimum atomic E-state index is -2.51. The smallest absolute Gasteiger partial charge is 0.288 e. The second-order valence-corrected chi connectivity index (χ2v) is 7.42. The number of carbonyl (C=O) groups excluding carboxylic acids is 1. The highest BCUT2D eigenvalue weighted by Crippen LogP contribution is 2.27. The van der Waals surface area contributed by atoms with Crippen LogP contribution in [0.3, 0.4) is 0 Å². The summed E-state index contributed by atoms with van der Waals surface area (Å²) in [5, 5.41) is 0.837. The van der Waals surface area contributed by atoms with Crippen molar-refractivity contribution in [1.82, 2.24) is 9.55 Å². The molecular weight excluding hydrogens is 378 g/mol. The van der Waals surface area contributed by atoms with E-state index in [0.29, 0.717) is 38.4 Å². The highest BCUT2D eigenvalue weighted by atomic mass is 32.2. The molecule has 0 aliphatic carbocycles. The molecule has 0 atom stereocenters. The van der Waals surface area contributed by atoms with Crippen molar-refractivity contribution in [2.75, 3.05) is 5.75 Å². The van der Waals surface area contributed by atoms with Gasteiger partial charge in [0, 0.05) is 4.90 Å². The van der Waals surface area contributed by atoms with Gasteiger partial charge in [-0.3, -0.25) is 14.2 Å². The summed E-state index contributed by atoms with van der Waals surface area (Å²) >= 11 is 1.61. The summed E-state index contributed by atoms with van der Waals surface area (Å²) in [5.74, 6) is -2.36. The SMILES string of the molecule is CC(=O)CSc1nc2ccccc2c(=O)n1-c1ccc(SC(F)F)cc1. The molecular formula is C18H14F2N2O2S2. The Morgan fingerprint density at radius 3 is 2.50 bits per heavy atom. The average Bonchev–Trinajstić information content (AvgIpc) is 2.60. The largest absolute Gasteiger partial charge is 0.299 e. The number of hydrogen-bond acceptors (Lipinski definition) is 5. The van der Waals surface area contributed by atoms with Gasteiger partial charge in [0.1, 0.15) is 5.78 Å². The molecule has 26 heavy (non-hydrogen) atoms. The Morgan fingerprint density at radius 2 is 1.85 bits per heavy atom. The molecule has 8 heteroatoms. The fourth-order valence-electron chi connectivity index (χ4n) is 2.38. The van der Waals surface area contributed by atoms with Gasteiger partial charge in [0.15, 0.2) is 5.16 Å². The van der Waals surface area contributed by atoms with E-state index in [2.05, 4.69) is 4.98 Å². The van der Waals surface area contributed by atoms with Gasteiger partial charge in [0.2, 0.25) is 0 Å². The van der Waals surface area contributed by atoms with Crippen LogP contribution in [0, 0.1) is 0 Å². The summed E-state index contributed by atoms with van der Waals surface area (Å²) in [6.45, 7) is 1.47. The minimum Gasteiger partial charge on any atom is -0.299 e. The third-order valence-electron chi connectivity index (χ3n) is 3.47. The van der Waals surface area contributed by atoms with Gasteiger partial charge >= 0.3 is 0 Å². The maximum Gasteiger partial charge on any atom is 0.288 e. The number of aromatic nitrogens is 2. The van der Waals surface area contributed by atoms with Crippen LogP contribution < -0.4 is 5.56 Å². The van der Waals surface area contributed by atoms with Crippen molar-refractivity contribution < 1.29 is 13.6 Å². The van der Waals surface area contributed by atoms with Crippen molar-refractivity contribution in [2.24, 2.45) is 0 Å². The Balaban J connectivity index is 2.12. The van der Waals surface area contributed by atoms with Gasteiger partial charge in [-0.15, -0.1) is 0 Å². The lowest BCUT2D eigenvalue weighted by Crippen LogP contribution is -2.22. The molecule has 0 N–H and O–H groups in total. The third-order valence-corrected chi connectivity index (χ3v) is 5.27. The Bertz CT molecular complexity index is 1000. The van der Waals surface area contributed by atoms with Crippen molar-refractivity contribution in [3.63, 3.8) is 0 Å². The van der Waals surface area contributed by atoms with Gasteiger partial charge in [-0.2, -0.15) is 8.78 Å². The molecule has 2 aromatic carbocycles. The van der Waals surface area contributed by atoms with Crippen molar-refractivity contribution in [1.29, 1.82) is 0 Å². The zero-order valence-corrected chi connectivity index (χ0v) is 15.3. The zero-order chi connectivity index (χ0) is 18.7. The molecule has 4 nitrogen and oxygen atoms in total. The molecule has 0 radical (unpaired) electrons. The number of halogens is 2. The number of alkyl halides is 2. The van der Waals surface area contributed by atoms with E-state index in [1.807, 2.05) is 0 Å². The van der Waals surface area contributed by atoms with Crippen LogP contribution in [0.25, 0.3) is 16.6 Å². The van der Waals surface area contributed by atoms with E-state index >= 15 is 0 Å². The first-order chi connectivity index (χ1) is 12.5. The highest BCUT2D eigenvalue weighted by molar-refractivity contribution is 8.00. The van der Waals surface area contributed by atoms with Crippen LogP contribution in [0.2, 0.25) is 0 Å². The molecule has 0 fully saturated rings. The van der Waals surface area contributed by atoms with E-state index < -0.39 is 5.76 Å². The summed E-state index contributed by atoms with van der Waals surface area (Å²) in [6.07, 6.45) is 0. The standard InChI is InChI=1S/C18H14F2N2O2S2/c1-11(23)10-25-18-21-15-5-3-2-4-14(15)16(24)22(18)12-6-8-13(9-7-12)26-17(19)20/h2-9,17H,10H2,1H3. The quantitative estimate of drug-likeness (QED) is 0.460. The normalized spacial score (nSPS) is 11.2. The third kappa shape index (κ3) is 4.13. The minimum absolute atomic E-state index is 0.0346. The number of benzene rings is 2. The number of nitrogens with zero attached hydrogens (tertiary/aromatic N) is 2. The number of thioether (sulfide) groups is 2. The molecule has 0 saturated carbocycles. The Morgan fingerprint density at radius 1 is 1.15 bits per heavy atom. The molecule has 3 rings (SSSR count). The van der Waals surface area contributed by atoms with E-state index in [0.717, 1.165) is 0 Å². The van der Waals surface area contributed by atoms with E-state index in [1.165, 1.54) is 35.4 Å². The first kappa shape index (κ1) is 18.6. The molecule has 134 valence electrons. The van der Waals surface area contributed by atoms with Gasteiger partial charge in [0.05, 0.1) is 22.3 Å². The number of carbonyl (C=O) groups is 1. The number of Topliss-reactive ketones (excluding diaryl/α,β-unsaturated/α-hetero) is 1. The molecule has 1 aromatic heterocycles. The Labute approximate surface area is 156 Å². The highest BCUT2D eigenvalue weighted by Gasteiger charge is 2.14. The van der Waals surface area contributed by atoms with Gasteiger partial charge < -0.3 is 0 Å². The van der Waals surface area contributed by atoms with Crippen LogP contribution in [0.4, 0.5) is 8.78 Å². The first-order valence-electron chi connectivity index (χ1n) is 7.65. The van der Waals surface area contributed by atoms with Crippen LogP contribution in [0.1, 0.15) is 6.92 Å². The molecule has 0 aliphatic rings. The topological polar surface area (TPSA) is 52.0 Å². The Hall–Kier alpha value is -2.19. The molecule has 1 heterocycles. The van der Waals surface area contributed by atoms with Gasteiger partial charge in [-0.1, -0.05) is 35.7 Å². The van der Waals surface area contributed by atoms with Gasteiger partial charge in [0.25, 0.3) is 11.3 Å². The zero-order valence-electron chi connectivity index (χ0n) is 13.7. The molecule has 0 amide bonds. The average molecular weight is 392 g/mol. The molecule has 0 bridgehead atoms. The number of fused-ring (bicyclic) bond motifs is 1. The van der Waals surface area contributed by atoms with Crippen LogP contribution in [-0.2, 0) is 4.79 Å². The number of rotatable bonds is 6. The van der Waals surface area contributed by atoms with Crippen LogP contribution in [0.15, 0.2) is 63.4 Å². The van der Waals surface area contributed by atoms with E-state index in [4.69, 9.17) is 0 Å². The Kier molecular flexibility index (Phi) is 5.73. The van der Waals surface area contributed by atoms with E-state index in [9.17, 15) is 18.4 Å². The van der Waals surface area contributed by atoms with Crippen LogP contribution in [0.5, 0.6) is 0 Å². The van der Waals surface area contributed by atoms with Crippen molar-refractivity contribution in [3.05, 3.63) is 58.9 Å². The summed E-state index contributed by atoms with van der Waals surface area (Å²) in [7, 11) is 0. The molecule has 0 spiro atoms. The fourth-order valence-corrected chi connectivity index (χ4v) is 3.69. The summed E-state index contributed by atoms with van der Waals surface area (Å²) < 4.78 is 26.4. The predicted octanol–water partition coefficient (Wildman–Crippen LogP) is 4.38. The lowest BCUT2D eigenvalue weighted by molar-refractivity contribution is -0.114. The fraction of sp³-hybridized carbons (Fsp3) is 0.167. The molecule has 0 saturated heterocycles. The summed E-state index contributed by atoms with van der Waals surface area (Å²) in [6, 6.07) is 13.2. The number of para-hydroxylation sites is 1. The van der Waals surface area contributed by atoms with Gasteiger partial charge in [-0.05, 0) is 43.3 Å². The van der Waals surface area contributed by atoms with Gasteiger partial charge in [-0.25, -0.2) is 4.98 Å². The summed E-state index contributed by atoms with van der Waals surface area (Å²) in [4.78, 5) is 29.2. The lowest BCUT2D eigenvalue weighted by atomic mass is 10.2. The summed E-state index contributed by atoms with van der Waals surface area (Å²) in [5.41, 5.74) is 0.790. The molecule has 3 aromatic rings. The number of ketones is 1. The van der Waals surface area contributed by atoms with Crippen LogP contribution in [-0.4, -0.2) is 26.8 Å². The van der Waals surface area contributed by atoms with Crippen molar-refractivity contribution in [2.45, 2.75) is 22.7 Å². The van der Waals surface area contributed by atoms with E-state index in [1.54, 1.807) is 36.4 Å². The second kappa shape index (κ2) is 8.01. The van der Waals surface area contributed by atoms with Crippen molar-refractivity contribution in [3.8, 4) is 5.69 Å². The van der Waals surface area contributed by atoms with Crippen LogP contribution >= 0.6 is 23.5 Å². The maximum absolute atomic E-state index is 13.0. The van der Waals surface area contributed by atoms with E-state index in [-0.39, 0.29) is 17.1 Å². The lowest BCUT2D eigenvalue weighted by Gasteiger charge is -2.13. The van der Waals surface area contributed by atoms with Crippen molar-refractivity contribution >= 4 is 40.2 Å². The molecule has 0 aliphatic heterocycles. The number of hydrogen-bond donors (Lipinski definition) is 0. The second-order valence-electron chi connectivity index (χ2n) is 5.42. The predicted molar refractivity (Wildman–Crippen MR) is 101 cm³/mol. The maximum atomic E-state index is 13.0. The molecule has 0 unspecified atom stereocenters. The first-order valence-corrected chi connectivity index (χ1v) is 9.51. The monoisotopic (exact) mass is 392 g/mol.